The lowest BCUT2D eigenvalue weighted by molar-refractivity contribution is -0.138. The number of aromatic amines is 2. The molecule has 6 aromatic rings. The number of ether oxygens (including phenoxy) is 2. The monoisotopic (exact) mass is 1190 g/mol. The molecule has 23 heteroatoms. The van der Waals surface area contributed by atoms with Gasteiger partial charge < -0.3 is 39.9 Å². The van der Waals surface area contributed by atoms with Gasteiger partial charge in [0.2, 0.25) is 21.8 Å². The highest BCUT2D eigenvalue weighted by Gasteiger charge is 2.42. The van der Waals surface area contributed by atoms with Crippen molar-refractivity contribution < 1.29 is 45.5 Å². The Balaban J connectivity index is 0.905. The quantitative estimate of drug-likeness (QED) is 0.0640. The van der Waals surface area contributed by atoms with Crippen LogP contribution in [-0.2, 0) is 64.6 Å². The molecule has 4 aliphatic carbocycles. The van der Waals surface area contributed by atoms with E-state index in [1.54, 1.807) is 45.7 Å². The molecule has 2 saturated heterocycles. The molecule has 12 rings (SSSR count). The van der Waals surface area contributed by atoms with Crippen LogP contribution in [0.3, 0.4) is 0 Å². The highest BCUT2D eigenvalue weighted by Crippen LogP contribution is 2.37. The van der Waals surface area contributed by atoms with Crippen LogP contribution in [0.5, 0.6) is 0 Å². The molecule has 4 heterocycles. The number of hydrogen-bond donors (Lipinski definition) is 4. The molecule has 4 aromatic carbocycles. The number of carbonyl (C=O) groups excluding carboxylic acids is 4. The van der Waals surface area contributed by atoms with Gasteiger partial charge >= 0.3 is 12.2 Å². The Kier molecular flexibility index (Phi) is 19.2. The molecule has 6 aliphatic rings. The number of methoxy groups -OCH3 is 2. The number of aromatic nitrogens is 4. The molecule has 0 spiro atoms. The number of amides is 4. The topological polar surface area (TPSA) is 246 Å². The van der Waals surface area contributed by atoms with Crippen LogP contribution in [0.25, 0.3) is 44.8 Å². The van der Waals surface area contributed by atoms with Crippen molar-refractivity contribution in [1.29, 1.82) is 0 Å². The third-order valence-corrected chi connectivity index (χ3v) is 20.1. The van der Waals surface area contributed by atoms with Gasteiger partial charge in [0.05, 0.1) is 55.5 Å². The number of piperazine rings is 1. The predicted octanol–water partition coefficient (Wildman–Crippen LogP) is 7.86. The number of H-pyrrole nitrogens is 2. The Morgan fingerprint density at radius 1 is 0.622 bits per heavy atom. The van der Waals surface area contributed by atoms with Crippen molar-refractivity contribution >= 4 is 67.4 Å². The minimum atomic E-state index is -3.58. The number of hydrogen-bond acceptors (Lipinski definition) is 14. The molecule has 4 amide bonds. The van der Waals surface area contributed by atoms with Crippen molar-refractivity contribution in [3.63, 3.8) is 0 Å². The standard InChI is InChI=1S/C59H71N9O10S4/c1-77-58(71)64-48(24-29-79-3)56(69)67-26-23-45(81(5,73)74)33-52(67)54-60-34-50(62-54)43-19-15-41(16-20-43)46-31-37-7-11-39(46)12-8-38-10-14-40(13-9-37)47(32-38)42-17-21-44(22-18-42)51-35-61-55(63-51)53-36-66(82(6,75)76)27-28-68(53)57(70)49(25-30-80-4)65-59(72)78-2/h7,10-11,14-22,31-32,34-35,45,48-49,52-53H,8-9,12-13,23-30,33,36H2,1-6H3,(H,60,62)(H,61,63)(H,64,71)(H,65,72)/t45?,48-,49-,52-,53-/m0/s1. The molecule has 0 saturated carbocycles. The fourth-order valence-electron chi connectivity index (χ4n) is 11.2. The fourth-order valence-corrected chi connectivity index (χ4v) is 14.1. The first-order valence-corrected chi connectivity index (χ1v) is 33.9. The van der Waals surface area contributed by atoms with Crippen LogP contribution >= 0.6 is 23.5 Å². The number of piperidine rings is 1. The van der Waals surface area contributed by atoms with Gasteiger partial charge in [-0.25, -0.2) is 36.4 Å². The molecule has 1 unspecified atom stereocenters. The van der Waals surface area contributed by atoms with Crippen LogP contribution in [0.1, 0.15) is 71.7 Å². The van der Waals surface area contributed by atoms with E-state index in [4.69, 9.17) is 19.4 Å². The molecular formula is C59H71N9O10S4. The van der Waals surface area contributed by atoms with Gasteiger partial charge in [-0.1, -0.05) is 84.9 Å². The van der Waals surface area contributed by atoms with E-state index >= 15 is 0 Å². The maximum atomic E-state index is 14.1. The van der Waals surface area contributed by atoms with Gasteiger partial charge in [0.15, 0.2) is 0 Å². The molecule has 4 N–H and O–H groups in total. The number of imidazole rings is 2. The number of rotatable bonds is 18. The van der Waals surface area contributed by atoms with Gasteiger partial charge in [0.1, 0.15) is 39.6 Å². The molecule has 4 bridgehead atoms. The second-order valence-electron chi connectivity index (χ2n) is 21.1. The Morgan fingerprint density at radius 2 is 1.07 bits per heavy atom. The number of sulfonamides is 1. The minimum absolute atomic E-state index is 0.00356. The number of nitrogens with zero attached hydrogens (tertiary/aromatic N) is 5. The molecule has 2 aromatic heterocycles. The van der Waals surface area contributed by atoms with E-state index in [1.807, 2.05) is 36.8 Å². The molecule has 5 atom stereocenters. The predicted molar refractivity (Wildman–Crippen MR) is 322 cm³/mol. The van der Waals surface area contributed by atoms with Gasteiger partial charge in [-0.15, -0.1) is 0 Å². The minimum Gasteiger partial charge on any atom is -0.453 e. The molecule has 0 radical (unpaired) electrons. The molecule has 82 heavy (non-hydrogen) atoms. The van der Waals surface area contributed by atoms with Crippen LogP contribution < -0.4 is 10.6 Å². The fraction of sp³-hybridized carbons (Fsp3) is 0.424. The number of thioether (sulfide) groups is 2. The van der Waals surface area contributed by atoms with Crippen molar-refractivity contribution in [3.05, 3.63) is 131 Å². The Labute approximate surface area is 488 Å². The number of carbonyl (C=O) groups is 4. The van der Waals surface area contributed by atoms with Crippen LogP contribution in [0.15, 0.2) is 97.3 Å². The van der Waals surface area contributed by atoms with Crippen molar-refractivity contribution in [1.82, 2.24) is 44.7 Å². The van der Waals surface area contributed by atoms with Crippen molar-refractivity contribution in [2.45, 2.75) is 80.8 Å². The summed E-state index contributed by atoms with van der Waals surface area (Å²) >= 11 is 3.10. The summed E-state index contributed by atoms with van der Waals surface area (Å²) in [6.45, 7) is 0.424. The maximum Gasteiger partial charge on any atom is 0.407 e. The zero-order valence-electron chi connectivity index (χ0n) is 47.0. The van der Waals surface area contributed by atoms with Crippen molar-refractivity contribution in [2.75, 3.05) is 76.9 Å². The summed E-state index contributed by atoms with van der Waals surface area (Å²) in [4.78, 5) is 72.3. The lowest BCUT2D eigenvalue weighted by Crippen LogP contribution is -2.57. The van der Waals surface area contributed by atoms with Gasteiger partial charge in [-0.2, -0.15) is 27.8 Å². The molecule has 2 fully saturated rings. The molecule has 2 aliphatic heterocycles. The van der Waals surface area contributed by atoms with Crippen LogP contribution in [-0.4, -0.2) is 169 Å². The summed E-state index contributed by atoms with van der Waals surface area (Å²) in [5, 5.41) is 4.70. The molecular weight excluding hydrogens is 1120 g/mol. The maximum absolute atomic E-state index is 14.1. The number of aryl methyl sites for hydroxylation is 4. The average molecular weight is 1190 g/mol. The first kappa shape index (κ1) is 59.9. The largest absolute Gasteiger partial charge is 0.453 e. The van der Waals surface area contributed by atoms with Gasteiger partial charge in [-0.3, -0.25) is 9.59 Å². The summed E-state index contributed by atoms with van der Waals surface area (Å²) in [5.74, 6) is 1.50. The average Bonchev–Trinajstić information content (AvgIpc) is 4.25. The Morgan fingerprint density at radius 3 is 1.51 bits per heavy atom. The van der Waals surface area contributed by atoms with Crippen molar-refractivity contribution in [3.8, 4) is 44.8 Å². The summed E-state index contributed by atoms with van der Waals surface area (Å²) < 4.78 is 62.3. The molecule has 19 nitrogen and oxygen atoms in total. The van der Waals surface area contributed by atoms with Gasteiger partial charge in [0, 0.05) is 32.4 Å². The lowest BCUT2D eigenvalue weighted by atomic mass is 9.87. The van der Waals surface area contributed by atoms with E-state index in [0.717, 1.165) is 59.9 Å². The van der Waals surface area contributed by atoms with E-state index < -0.39 is 61.5 Å². The van der Waals surface area contributed by atoms with Gasteiger partial charge in [0.25, 0.3) is 0 Å². The number of nitrogens with one attached hydrogen (secondary N) is 4. The summed E-state index contributed by atoms with van der Waals surface area (Å²) in [6, 6.07) is 27.1. The highest BCUT2D eigenvalue weighted by atomic mass is 32.2. The second-order valence-corrected chi connectivity index (χ2v) is 27.4. The summed E-state index contributed by atoms with van der Waals surface area (Å²) in [6.07, 6.45) is 12.7. The van der Waals surface area contributed by atoms with Gasteiger partial charge in [-0.05, 0) is 131 Å². The van der Waals surface area contributed by atoms with E-state index in [-0.39, 0.29) is 50.8 Å². The summed E-state index contributed by atoms with van der Waals surface area (Å²) in [7, 11) is -4.51. The third-order valence-electron chi connectivity index (χ3n) is 15.9. The van der Waals surface area contributed by atoms with Crippen LogP contribution in [0, 0.1) is 0 Å². The van der Waals surface area contributed by atoms with E-state index in [1.165, 1.54) is 58.2 Å². The van der Waals surface area contributed by atoms with Crippen LogP contribution in [0.4, 0.5) is 9.59 Å². The normalized spacial score (nSPS) is 18.5. The summed E-state index contributed by atoms with van der Waals surface area (Å²) in [5.41, 5.74) is 12.6. The second kappa shape index (κ2) is 26.3. The first-order chi connectivity index (χ1) is 39.3. The zero-order valence-corrected chi connectivity index (χ0v) is 50.2. The number of alkyl carbamates (subject to hydrolysis) is 2. The number of sulfone groups is 1. The first-order valence-electron chi connectivity index (χ1n) is 27.3. The lowest BCUT2D eigenvalue weighted by Gasteiger charge is -2.40. The van der Waals surface area contributed by atoms with E-state index in [0.29, 0.717) is 41.7 Å². The Bertz CT molecular complexity index is 3270. The zero-order chi connectivity index (χ0) is 58.3. The van der Waals surface area contributed by atoms with E-state index in [9.17, 15) is 36.0 Å². The SMILES string of the molecule is COC(=O)N[C@@H](CCSC)C(=O)N1CCC(S(C)(=O)=O)C[C@H]1c1ncc(-c2ccc(-c3cc4ccc3CCc3ccc(c(-c5ccc(-c6cnc([C@@H]7CN(S(C)(=O)=O)CCN7C(=O)[C@H](CCSC)NC(=O)OC)[nH]6)cc5)c3)CC4)cc2)[nH]1. The van der Waals surface area contributed by atoms with Crippen molar-refractivity contribution in [2.24, 2.45) is 0 Å². The van der Waals surface area contributed by atoms with Crippen LogP contribution in [0.2, 0.25) is 0 Å². The Hall–Kier alpha value is -6.66. The number of benzene rings is 4. The van der Waals surface area contributed by atoms with E-state index in [2.05, 4.69) is 81.3 Å². The smallest absolute Gasteiger partial charge is 0.407 e. The number of likely N-dealkylation sites (tertiary alicyclic amines) is 1. The highest BCUT2D eigenvalue weighted by molar-refractivity contribution is 7.98. The molecule has 436 valence electrons. The third kappa shape index (κ3) is 14.0.